The molecule has 1 aromatic carbocycles. The zero-order valence-electron chi connectivity index (χ0n) is 17.0. The lowest BCUT2D eigenvalue weighted by Crippen LogP contribution is -2.46. The van der Waals surface area contributed by atoms with Gasteiger partial charge in [0.2, 0.25) is 15.9 Å². The third-order valence-electron chi connectivity index (χ3n) is 7.01. The summed E-state index contributed by atoms with van der Waals surface area (Å²) in [4.78, 5) is 19.5. The quantitative estimate of drug-likeness (QED) is 0.739. The molecule has 6 nitrogen and oxygen atoms in total. The molecule has 158 valence electrons. The van der Waals surface area contributed by atoms with Gasteiger partial charge in [-0.05, 0) is 43.4 Å². The Labute approximate surface area is 178 Å². The monoisotopic (exact) mass is 425 g/mol. The minimum Gasteiger partial charge on any atom is -0.337 e. The number of hydrogen-bond donors (Lipinski definition) is 0. The Bertz CT molecular complexity index is 1020. The fraction of sp³-hybridized carbons (Fsp3) is 0.478. The maximum Gasteiger partial charge on any atom is 0.224 e. The molecule has 2 atom stereocenters. The van der Waals surface area contributed by atoms with Crippen LogP contribution >= 0.6 is 0 Å². The number of carbonyl (C=O) groups is 1. The molecule has 0 radical (unpaired) electrons. The molecule has 2 aliphatic heterocycles. The number of sulfonamides is 1. The van der Waals surface area contributed by atoms with Crippen LogP contribution in [0, 0.1) is 0 Å². The molecule has 0 N–H and O–H groups in total. The second-order valence-electron chi connectivity index (χ2n) is 8.73. The van der Waals surface area contributed by atoms with Crippen molar-refractivity contribution < 1.29 is 13.2 Å². The van der Waals surface area contributed by atoms with Gasteiger partial charge >= 0.3 is 0 Å². The fourth-order valence-corrected chi connectivity index (χ4v) is 7.31. The maximum absolute atomic E-state index is 13.3. The van der Waals surface area contributed by atoms with Crippen LogP contribution in [0.15, 0.2) is 54.7 Å². The topological polar surface area (TPSA) is 70.6 Å². The predicted molar refractivity (Wildman–Crippen MR) is 114 cm³/mol. The lowest BCUT2D eigenvalue weighted by atomic mass is 9.71. The van der Waals surface area contributed by atoms with E-state index in [0.717, 1.165) is 36.9 Å². The number of aromatic nitrogens is 1. The van der Waals surface area contributed by atoms with Crippen molar-refractivity contribution in [2.75, 3.05) is 13.1 Å². The molecule has 2 aromatic rings. The van der Waals surface area contributed by atoms with E-state index in [2.05, 4.69) is 17.1 Å². The van der Waals surface area contributed by atoms with Crippen molar-refractivity contribution in [3.63, 3.8) is 0 Å². The van der Waals surface area contributed by atoms with E-state index in [1.807, 2.05) is 41.3 Å². The van der Waals surface area contributed by atoms with Crippen LogP contribution in [0.4, 0.5) is 0 Å². The third kappa shape index (κ3) is 3.34. The Morgan fingerprint density at radius 1 is 1.00 bits per heavy atom. The molecule has 3 heterocycles. The Hall–Kier alpha value is -2.25. The van der Waals surface area contributed by atoms with Gasteiger partial charge in [0.05, 0.1) is 17.5 Å². The Morgan fingerprint density at radius 2 is 1.73 bits per heavy atom. The first-order valence-corrected chi connectivity index (χ1v) is 12.2. The molecule has 1 aliphatic carbocycles. The molecular formula is C23H27N3O3S. The van der Waals surface area contributed by atoms with Gasteiger partial charge < -0.3 is 4.90 Å². The summed E-state index contributed by atoms with van der Waals surface area (Å²) < 4.78 is 28.1. The normalized spacial score (nSPS) is 27.7. The molecule has 5 rings (SSSR count). The van der Waals surface area contributed by atoms with Gasteiger partial charge in [0.1, 0.15) is 0 Å². The van der Waals surface area contributed by atoms with Crippen molar-refractivity contribution in [2.45, 2.75) is 55.4 Å². The number of fused-ring (bicyclic) bond motifs is 1. The summed E-state index contributed by atoms with van der Waals surface area (Å²) in [6.07, 6.45) is 4.97. The number of hydrogen-bond acceptors (Lipinski definition) is 4. The lowest BCUT2D eigenvalue weighted by Gasteiger charge is -2.36. The van der Waals surface area contributed by atoms with E-state index in [-0.39, 0.29) is 29.0 Å². The predicted octanol–water partition coefficient (Wildman–Crippen LogP) is 2.71. The number of amides is 1. The van der Waals surface area contributed by atoms with Crippen LogP contribution in [-0.2, 0) is 26.8 Å². The first-order valence-electron chi connectivity index (χ1n) is 10.7. The molecule has 0 spiro atoms. The number of rotatable bonds is 5. The number of pyridine rings is 1. The number of carbonyl (C=O) groups excluding carboxylic acids is 1. The highest BCUT2D eigenvalue weighted by Crippen LogP contribution is 2.49. The van der Waals surface area contributed by atoms with Crippen LogP contribution in [0.5, 0.6) is 0 Å². The van der Waals surface area contributed by atoms with Gasteiger partial charge in [0, 0.05) is 37.2 Å². The number of benzene rings is 1. The largest absolute Gasteiger partial charge is 0.337 e. The smallest absolute Gasteiger partial charge is 0.224 e. The summed E-state index contributed by atoms with van der Waals surface area (Å²) in [6.45, 7) is 1.58. The molecule has 1 saturated carbocycles. The van der Waals surface area contributed by atoms with Crippen LogP contribution < -0.4 is 0 Å². The van der Waals surface area contributed by atoms with Gasteiger partial charge in [0.15, 0.2) is 0 Å². The molecular weight excluding hydrogens is 398 g/mol. The van der Waals surface area contributed by atoms with Gasteiger partial charge in [-0.15, -0.1) is 0 Å². The Balaban J connectivity index is 1.50. The first-order chi connectivity index (χ1) is 14.5. The van der Waals surface area contributed by atoms with Gasteiger partial charge in [-0.2, -0.15) is 4.31 Å². The highest BCUT2D eigenvalue weighted by Gasteiger charge is 2.56. The second-order valence-corrected chi connectivity index (χ2v) is 10.9. The minimum absolute atomic E-state index is 0.0151. The molecule has 7 heteroatoms. The zero-order chi connectivity index (χ0) is 20.8. The van der Waals surface area contributed by atoms with E-state index in [1.165, 1.54) is 0 Å². The van der Waals surface area contributed by atoms with Crippen LogP contribution in [0.1, 0.15) is 43.4 Å². The van der Waals surface area contributed by atoms with E-state index in [9.17, 15) is 13.2 Å². The fourth-order valence-electron chi connectivity index (χ4n) is 5.22. The summed E-state index contributed by atoms with van der Waals surface area (Å²) in [6, 6.07) is 15.6. The SMILES string of the molecule is O=C1C[C@H]2N(S(=O)(=O)C3CC3)CC[C@@]2(c2ccccc2)CCN1Cc1ccccn1. The van der Waals surface area contributed by atoms with E-state index in [0.29, 0.717) is 19.6 Å². The van der Waals surface area contributed by atoms with Crippen molar-refractivity contribution >= 4 is 15.9 Å². The molecule has 0 bridgehead atoms. The van der Waals surface area contributed by atoms with E-state index in [4.69, 9.17) is 0 Å². The molecule has 2 saturated heterocycles. The summed E-state index contributed by atoms with van der Waals surface area (Å²) in [5.74, 6) is 0.0151. The molecule has 1 amide bonds. The highest BCUT2D eigenvalue weighted by atomic mass is 32.2. The molecule has 0 unspecified atom stereocenters. The van der Waals surface area contributed by atoms with Gasteiger partial charge in [-0.3, -0.25) is 9.78 Å². The van der Waals surface area contributed by atoms with Gasteiger partial charge in [-0.25, -0.2) is 8.42 Å². The zero-order valence-corrected chi connectivity index (χ0v) is 17.8. The molecule has 1 aromatic heterocycles. The van der Waals surface area contributed by atoms with Crippen molar-refractivity contribution in [1.82, 2.24) is 14.2 Å². The summed E-state index contributed by atoms with van der Waals surface area (Å²) in [7, 11) is -3.35. The second kappa shape index (κ2) is 7.46. The van der Waals surface area contributed by atoms with Crippen molar-refractivity contribution in [3.8, 4) is 0 Å². The van der Waals surface area contributed by atoms with Crippen LogP contribution in [-0.4, -0.2) is 52.9 Å². The summed E-state index contributed by atoms with van der Waals surface area (Å²) >= 11 is 0. The van der Waals surface area contributed by atoms with Crippen LogP contribution in [0.25, 0.3) is 0 Å². The Kier molecular flexibility index (Phi) is 4.90. The highest BCUT2D eigenvalue weighted by molar-refractivity contribution is 7.90. The van der Waals surface area contributed by atoms with Crippen LogP contribution in [0.2, 0.25) is 0 Å². The lowest BCUT2D eigenvalue weighted by molar-refractivity contribution is -0.131. The van der Waals surface area contributed by atoms with Crippen molar-refractivity contribution in [2.24, 2.45) is 0 Å². The van der Waals surface area contributed by atoms with E-state index >= 15 is 0 Å². The average Bonchev–Trinajstić information content (AvgIpc) is 3.57. The molecule has 30 heavy (non-hydrogen) atoms. The number of nitrogens with zero attached hydrogens (tertiary/aromatic N) is 3. The molecule has 3 aliphatic rings. The average molecular weight is 426 g/mol. The minimum atomic E-state index is -3.35. The standard InChI is InChI=1S/C23H27N3O3S/c27-22-16-21-23(18-6-2-1-3-7-18,12-15-26(21)30(28,29)20-9-10-20)11-14-25(22)17-19-8-4-5-13-24-19/h1-8,13,20-21H,9-12,14-17H2/t21-,23-/m1/s1. The maximum atomic E-state index is 13.3. The van der Waals surface area contributed by atoms with Gasteiger partial charge in [-0.1, -0.05) is 36.4 Å². The third-order valence-corrected chi connectivity index (χ3v) is 9.42. The van der Waals surface area contributed by atoms with Crippen molar-refractivity contribution in [3.05, 3.63) is 66.0 Å². The first kappa shape index (κ1) is 19.7. The summed E-state index contributed by atoms with van der Waals surface area (Å²) in [5, 5.41) is -0.257. The number of likely N-dealkylation sites (tertiary alicyclic amines) is 1. The molecule has 3 fully saturated rings. The summed E-state index contributed by atoms with van der Waals surface area (Å²) in [5.41, 5.74) is 1.68. The van der Waals surface area contributed by atoms with Crippen LogP contribution in [0.3, 0.4) is 0 Å². The van der Waals surface area contributed by atoms with Crippen molar-refractivity contribution in [1.29, 1.82) is 0 Å². The van der Waals surface area contributed by atoms with E-state index < -0.39 is 10.0 Å². The van der Waals surface area contributed by atoms with E-state index in [1.54, 1.807) is 10.5 Å². The Morgan fingerprint density at radius 3 is 2.43 bits per heavy atom. The van der Waals surface area contributed by atoms with Gasteiger partial charge in [0.25, 0.3) is 0 Å².